The fourth-order valence-electron chi connectivity index (χ4n) is 3.61. The molecule has 1 aromatic carbocycles. The lowest BCUT2D eigenvalue weighted by Crippen LogP contribution is -2.57. The van der Waals surface area contributed by atoms with Gasteiger partial charge in [0.25, 0.3) is 5.92 Å². The molecule has 2 aliphatic heterocycles. The van der Waals surface area contributed by atoms with Crippen molar-refractivity contribution in [3.8, 4) is 0 Å². The minimum Gasteiger partial charge on any atom is -0.465 e. The van der Waals surface area contributed by atoms with Crippen LogP contribution in [0.25, 0.3) is 0 Å². The lowest BCUT2D eigenvalue weighted by atomic mass is 10.0. The number of halogens is 2. The Balaban J connectivity index is 1.75. The van der Waals surface area contributed by atoms with Crippen LogP contribution in [0, 0.1) is 0 Å². The highest BCUT2D eigenvalue weighted by atomic mass is 19.3. The predicted molar refractivity (Wildman–Crippen MR) is 86.3 cm³/mol. The van der Waals surface area contributed by atoms with Gasteiger partial charge in [-0.25, -0.2) is 13.6 Å². The van der Waals surface area contributed by atoms with Crippen LogP contribution in [0.2, 0.25) is 0 Å². The Morgan fingerprint density at radius 2 is 2.00 bits per heavy atom. The molecule has 2 fully saturated rings. The standard InChI is InChI=1S/C17H21F2N3O3/c18-17(19)7-6-15(23)22(11-17)14-10-21(9-13(14)20-16(24)25)8-12-4-2-1-3-5-12/h1-5,13-14,20H,6-11H2,(H,24,25). The summed E-state index contributed by atoms with van der Waals surface area (Å²) in [6.45, 7) is 0.671. The monoisotopic (exact) mass is 353 g/mol. The highest BCUT2D eigenvalue weighted by molar-refractivity contribution is 5.78. The predicted octanol–water partition coefficient (Wildman–Crippen LogP) is 1.76. The number of rotatable bonds is 4. The van der Waals surface area contributed by atoms with E-state index in [1.807, 2.05) is 35.2 Å². The lowest BCUT2D eigenvalue weighted by molar-refractivity contribution is -0.151. The zero-order valence-electron chi connectivity index (χ0n) is 13.7. The largest absolute Gasteiger partial charge is 0.465 e. The van der Waals surface area contributed by atoms with Crippen molar-refractivity contribution in [3.63, 3.8) is 0 Å². The van der Waals surface area contributed by atoms with E-state index in [-0.39, 0.29) is 12.3 Å². The van der Waals surface area contributed by atoms with Crippen LogP contribution in [0.15, 0.2) is 30.3 Å². The smallest absolute Gasteiger partial charge is 0.404 e. The van der Waals surface area contributed by atoms with Crippen molar-refractivity contribution in [1.82, 2.24) is 15.1 Å². The van der Waals surface area contributed by atoms with Crippen LogP contribution in [0.1, 0.15) is 18.4 Å². The summed E-state index contributed by atoms with van der Waals surface area (Å²) in [7, 11) is 0. The van der Waals surface area contributed by atoms with Crippen LogP contribution in [-0.2, 0) is 11.3 Å². The summed E-state index contributed by atoms with van der Waals surface area (Å²) in [6.07, 6.45) is -1.87. The highest BCUT2D eigenvalue weighted by Crippen LogP contribution is 2.31. The fraction of sp³-hybridized carbons (Fsp3) is 0.529. The molecule has 2 aliphatic rings. The van der Waals surface area contributed by atoms with Crippen molar-refractivity contribution in [2.24, 2.45) is 0 Å². The van der Waals surface area contributed by atoms with Gasteiger partial charge in [0.2, 0.25) is 5.91 Å². The van der Waals surface area contributed by atoms with Gasteiger partial charge >= 0.3 is 6.09 Å². The average molecular weight is 353 g/mol. The number of likely N-dealkylation sites (tertiary alicyclic amines) is 2. The molecule has 2 N–H and O–H groups in total. The second-order valence-corrected chi connectivity index (χ2v) is 6.68. The van der Waals surface area contributed by atoms with Gasteiger partial charge in [0.05, 0.1) is 18.6 Å². The number of nitrogens with one attached hydrogen (secondary N) is 1. The molecule has 2 heterocycles. The van der Waals surface area contributed by atoms with Crippen molar-refractivity contribution in [3.05, 3.63) is 35.9 Å². The number of carbonyl (C=O) groups excluding carboxylic acids is 1. The molecule has 0 bridgehead atoms. The van der Waals surface area contributed by atoms with Gasteiger partial charge in [-0.15, -0.1) is 0 Å². The first-order chi connectivity index (χ1) is 11.8. The molecule has 0 aliphatic carbocycles. The van der Waals surface area contributed by atoms with E-state index in [0.29, 0.717) is 19.6 Å². The first kappa shape index (κ1) is 17.6. The molecule has 6 nitrogen and oxygen atoms in total. The van der Waals surface area contributed by atoms with Gasteiger partial charge in [-0.1, -0.05) is 30.3 Å². The number of carboxylic acid groups (broad SMARTS) is 1. The van der Waals surface area contributed by atoms with E-state index in [4.69, 9.17) is 5.11 Å². The Morgan fingerprint density at radius 3 is 2.68 bits per heavy atom. The molecule has 8 heteroatoms. The summed E-state index contributed by atoms with van der Waals surface area (Å²) in [5, 5.41) is 11.4. The van der Waals surface area contributed by atoms with E-state index >= 15 is 0 Å². The minimum absolute atomic E-state index is 0.206. The molecule has 2 atom stereocenters. The molecule has 0 aromatic heterocycles. The second kappa shape index (κ2) is 6.95. The third-order valence-corrected chi connectivity index (χ3v) is 4.75. The number of hydrogen-bond acceptors (Lipinski definition) is 3. The molecule has 25 heavy (non-hydrogen) atoms. The summed E-state index contributed by atoms with van der Waals surface area (Å²) < 4.78 is 27.5. The molecule has 1 aromatic rings. The fourth-order valence-corrected chi connectivity index (χ4v) is 3.61. The van der Waals surface area contributed by atoms with Crippen LogP contribution in [-0.4, -0.2) is 64.5 Å². The van der Waals surface area contributed by atoms with E-state index in [0.717, 1.165) is 10.5 Å². The van der Waals surface area contributed by atoms with Gasteiger partial charge in [-0.3, -0.25) is 9.69 Å². The van der Waals surface area contributed by atoms with Gasteiger partial charge in [-0.2, -0.15) is 0 Å². The van der Waals surface area contributed by atoms with Gasteiger partial charge in [0.15, 0.2) is 0 Å². The summed E-state index contributed by atoms with van der Waals surface area (Å²) in [5.74, 6) is -3.26. The third-order valence-electron chi connectivity index (χ3n) is 4.75. The number of hydrogen-bond donors (Lipinski definition) is 2. The molecule has 136 valence electrons. The molecule has 2 saturated heterocycles. The maximum Gasteiger partial charge on any atom is 0.404 e. The van der Waals surface area contributed by atoms with E-state index in [9.17, 15) is 18.4 Å². The molecule has 2 unspecified atom stereocenters. The van der Waals surface area contributed by atoms with Crippen LogP contribution >= 0.6 is 0 Å². The van der Waals surface area contributed by atoms with Gasteiger partial charge in [0, 0.05) is 32.5 Å². The number of amides is 2. The quantitative estimate of drug-likeness (QED) is 0.865. The van der Waals surface area contributed by atoms with Crippen molar-refractivity contribution in [1.29, 1.82) is 0 Å². The zero-order chi connectivity index (χ0) is 18.0. The van der Waals surface area contributed by atoms with Crippen molar-refractivity contribution < 1.29 is 23.5 Å². The Labute approximate surface area is 144 Å². The first-order valence-electron chi connectivity index (χ1n) is 8.27. The molecule has 3 rings (SSSR count). The summed E-state index contributed by atoms with van der Waals surface area (Å²) >= 11 is 0. The van der Waals surface area contributed by atoms with Crippen LogP contribution in [0.4, 0.5) is 13.6 Å². The second-order valence-electron chi connectivity index (χ2n) is 6.68. The van der Waals surface area contributed by atoms with E-state index < -0.39 is 37.1 Å². The van der Waals surface area contributed by atoms with Crippen molar-refractivity contribution >= 4 is 12.0 Å². The van der Waals surface area contributed by atoms with E-state index in [1.165, 1.54) is 0 Å². The molecule has 0 radical (unpaired) electrons. The van der Waals surface area contributed by atoms with Crippen LogP contribution < -0.4 is 5.32 Å². The lowest BCUT2D eigenvalue weighted by Gasteiger charge is -2.38. The third kappa shape index (κ3) is 4.25. The summed E-state index contributed by atoms with van der Waals surface area (Å²) in [6, 6.07) is 8.45. The molecule has 0 spiro atoms. The van der Waals surface area contributed by atoms with Crippen molar-refractivity contribution in [2.75, 3.05) is 19.6 Å². The maximum absolute atomic E-state index is 13.8. The number of piperidine rings is 1. The van der Waals surface area contributed by atoms with Gasteiger partial charge in [-0.05, 0) is 5.56 Å². The minimum atomic E-state index is -2.92. The maximum atomic E-state index is 13.8. The average Bonchev–Trinajstić information content (AvgIpc) is 2.92. The molecule has 0 saturated carbocycles. The summed E-state index contributed by atoms with van der Waals surface area (Å²) in [4.78, 5) is 26.4. The number of nitrogens with zero attached hydrogens (tertiary/aromatic N) is 2. The number of benzene rings is 1. The molecular weight excluding hydrogens is 332 g/mol. The van der Waals surface area contributed by atoms with E-state index in [2.05, 4.69) is 5.32 Å². The topological polar surface area (TPSA) is 72.9 Å². The van der Waals surface area contributed by atoms with E-state index in [1.54, 1.807) is 0 Å². The van der Waals surface area contributed by atoms with Crippen LogP contribution in [0.3, 0.4) is 0 Å². The molecule has 2 amide bonds. The zero-order valence-corrected chi connectivity index (χ0v) is 13.7. The normalized spacial score (nSPS) is 26.6. The number of alkyl halides is 2. The number of carbonyl (C=O) groups is 2. The summed E-state index contributed by atoms with van der Waals surface area (Å²) in [5.41, 5.74) is 1.05. The van der Waals surface area contributed by atoms with Crippen molar-refractivity contribution in [2.45, 2.75) is 37.4 Å². The SMILES string of the molecule is O=C(O)NC1CN(Cc2ccccc2)CC1N1CC(F)(F)CCC1=O. The molecular formula is C17H21F2N3O3. The Kier molecular flexibility index (Phi) is 4.89. The Hall–Kier alpha value is -2.22. The first-order valence-corrected chi connectivity index (χ1v) is 8.27. The van der Waals surface area contributed by atoms with Gasteiger partial charge in [0.1, 0.15) is 0 Å². The van der Waals surface area contributed by atoms with Gasteiger partial charge < -0.3 is 15.3 Å². The Morgan fingerprint density at radius 1 is 1.28 bits per heavy atom. The Bertz CT molecular complexity index is 641. The highest BCUT2D eigenvalue weighted by Gasteiger charge is 2.46. The van der Waals surface area contributed by atoms with Crippen LogP contribution in [0.5, 0.6) is 0 Å².